The van der Waals surface area contributed by atoms with Gasteiger partial charge in [-0.05, 0) is 31.9 Å². The van der Waals surface area contributed by atoms with E-state index in [2.05, 4.69) is 0 Å². The summed E-state index contributed by atoms with van der Waals surface area (Å²) in [5.74, 6) is -1.41. The van der Waals surface area contributed by atoms with Crippen molar-refractivity contribution in [3.63, 3.8) is 0 Å². The lowest BCUT2D eigenvalue weighted by Gasteiger charge is -2.31. The van der Waals surface area contributed by atoms with Crippen LogP contribution in [0.15, 0.2) is 18.2 Å². The molecule has 108 valence electrons. The van der Waals surface area contributed by atoms with E-state index in [-0.39, 0.29) is 18.2 Å². The fourth-order valence-corrected chi connectivity index (χ4v) is 2.87. The van der Waals surface area contributed by atoms with E-state index in [1.54, 1.807) is 12.1 Å². The van der Waals surface area contributed by atoms with Gasteiger partial charge in [-0.15, -0.1) is 0 Å². The molecule has 0 spiro atoms. The Balaban J connectivity index is 2.41. The van der Waals surface area contributed by atoms with Gasteiger partial charge in [-0.2, -0.15) is 0 Å². The van der Waals surface area contributed by atoms with Crippen LogP contribution in [0, 0.1) is 6.92 Å². The summed E-state index contributed by atoms with van der Waals surface area (Å²) >= 11 is 0. The zero-order valence-electron chi connectivity index (χ0n) is 11.6. The number of aryl methyl sites for hydroxylation is 1. The van der Waals surface area contributed by atoms with E-state index in [1.165, 1.54) is 0 Å². The highest BCUT2D eigenvalue weighted by atomic mass is 16.4. The third kappa shape index (κ3) is 3.10. The number of carboxylic acid groups (broad SMARTS) is 1. The van der Waals surface area contributed by atoms with E-state index >= 15 is 0 Å². The lowest BCUT2D eigenvalue weighted by molar-refractivity contribution is -0.116. The maximum Gasteiger partial charge on any atom is 0.337 e. The number of aromatic carboxylic acids is 1. The highest BCUT2D eigenvalue weighted by Crippen LogP contribution is 2.30. The Labute approximate surface area is 118 Å². The molecule has 0 aromatic heterocycles. The van der Waals surface area contributed by atoms with Gasteiger partial charge in [0.05, 0.1) is 17.8 Å². The van der Waals surface area contributed by atoms with Gasteiger partial charge >= 0.3 is 5.97 Å². The van der Waals surface area contributed by atoms with Crippen LogP contribution in [0.4, 0.5) is 5.69 Å². The van der Waals surface area contributed by atoms with Crippen LogP contribution in [0.1, 0.15) is 41.6 Å². The van der Waals surface area contributed by atoms with E-state index in [4.69, 9.17) is 5.73 Å². The van der Waals surface area contributed by atoms with Gasteiger partial charge in [0, 0.05) is 6.04 Å². The zero-order valence-corrected chi connectivity index (χ0v) is 11.6. The maximum absolute atomic E-state index is 11.4. The molecule has 0 aliphatic heterocycles. The maximum atomic E-state index is 11.4. The zero-order chi connectivity index (χ0) is 14.7. The average molecular weight is 276 g/mol. The second kappa shape index (κ2) is 5.94. The molecule has 0 unspecified atom stereocenters. The molecule has 1 fully saturated rings. The lowest BCUT2D eigenvalue weighted by Crippen LogP contribution is -2.41. The van der Waals surface area contributed by atoms with E-state index in [1.807, 2.05) is 17.9 Å². The Morgan fingerprint density at radius 3 is 2.55 bits per heavy atom. The van der Waals surface area contributed by atoms with Gasteiger partial charge in [0.1, 0.15) is 0 Å². The molecule has 0 saturated heterocycles. The summed E-state index contributed by atoms with van der Waals surface area (Å²) in [7, 11) is 0. The first-order chi connectivity index (χ1) is 9.49. The molecule has 20 heavy (non-hydrogen) atoms. The van der Waals surface area contributed by atoms with Gasteiger partial charge in [0.15, 0.2) is 0 Å². The second-order valence-electron chi connectivity index (χ2n) is 5.36. The van der Waals surface area contributed by atoms with Crippen LogP contribution in [0.25, 0.3) is 0 Å². The van der Waals surface area contributed by atoms with Crippen molar-refractivity contribution in [1.29, 1.82) is 0 Å². The lowest BCUT2D eigenvalue weighted by atomic mass is 10.1. The summed E-state index contributed by atoms with van der Waals surface area (Å²) in [4.78, 5) is 24.6. The minimum absolute atomic E-state index is 0.0635. The molecular formula is C15H20N2O3. The fourth-order valence-electron chi connectivity index (χ4n) is 2.87. The smallest absolute Gasteiger partial charge is 0.337 e. The van der Waals surface area contributed by atoms with Crippen molar-refractivity contribution in [1.82, 2.24) is 0 Å². The monoisotopic (exact) mass is 276 g/mol. The SMILES string of the molecule is Cc1ccc(N(CC(N)=O)C2CCCC2)c(C(=O)O)c1. The van der Waals surface area contributed by atoms with E-state index in [9.17, 15) is 14.7 Å². The van der Waals surface area contributed by atoms with Crippen LogP contribution >= 0.6 is 0 Å². The van der Waals surface area contributed by atoms with Crippen molar-refractivity contribution in [2.75, 3.05) is 11.4 Å². The first kappa shape index (κ1) is 14.4. The van der Waals surface area contributed by atoms with E-state index in [0.29, 0.717) is 5.69 Å². The summed E-state index contributed by atoms with van der Waals surface area (Å²) in [5.41, 5.74) is 7.04. The van der Waals surface area contributed by atoms with Crippen molar-refractivity contribution in [3.8, 4) is 0 Å². The molecule has 0 heterocycles. The summed E-state index contributed by atoms with van der Waals surface area (Å²) in [6, 6.07) is 5.48. The largest absolute Gasteiger partial charge is 0.478 e. The number of anilines is 1. The molecule has 2 rings (SSSR count). The number of nitrogens with two attached hydrogens (primary N) is 1. The second-order valence-corrected chi connectivity index (χ2v) is 5.36. The number of hydrogen-bond donors (Lipinski definition) is 2. The summed E-state index contributed by atoms with van der Waals surface area (Å²) in [6.45, 7) is 1.91. The van der Waals surface area contributed by atoms with Crippen LogP contribution in [-0.2, 0) is 4.79 Å². The van der Waals surface area contributed by atoms with Gasteiger partial charge in [-0.25, -0.2) is 4.79 Å². The standard InChI is InChI=1S/C15H20N2O3/c1-10-6-7-13(12(8-10)15(19)20)17(9-14(16)18)11-4-2-3-5-11/h6-8,11H,2-5,9H2,1H3,(H2,16,18)(H,19,20). The highest BCUT2D eigenvalue weighted by Gasteiger charge is 2.27. The Morgan fingerprint density at radius 2 is 2.00 bits per heavy atom. The Kier molecular flexibility index (Phi) is 4.27. The Morgan fingerprint density at radius 1 is 1.35 bits per heavy atom. The first-order valence-electron chi connectivity index (χ1n) is 6.88. The molecule has 5 heteroatoms. The van der Waals surface area contributed by atoms with E-state index < -0.39 is 11.9 Å². The minimum atomic E-state index is -0.976. The molecular weight excluding hydrogens is 256 g/mol. The molecule has 0 bridgehead atoms. The number of benzene rings is 1. The molecule has 1 amide bonds. The van der Waals surface area contributed by atoms with Gasteiger partial charge in [0.2, 0.25) is 5.91 Å². The highest BCUT2D eigenvalue weighted by molar-refractivity contribution is 5.95. The van der Waals surface area contributed by atoms with Crippen LogP contribution in [0.5, 0.6) is 0 Å². The van der Waals surface area contributed by atoms with Gasteiger partial charge < -0.3 is 15.7 Å². The van der Waals surface area contributed by atoms with Crippen molar-refractivity contribution in [2.45, 2.75) is 38.6 Å². The fraction of sp³-hybridized carbons (Fsp3) is 0.467. The molecule has 1 saturated carbocycles. The quantitative estimate of drug-likeness (QED) is 0.860. The molecule has 1 aliphatic carbocycles. The van der Waals surface area contributed by atoms with E-state index in [0.717, 1.165) is 31.2 Å². The van der Waals surface area contributed by atoms with Crippen molar-refractivity contribution < 1.29 is 14.7 Å². The number of carbonyl (C=O) groups is 2. The van der Waals surface area contributed by atoms with Crippen molar-refractivity contribution in [2.24, 2.45) is 5.73 Å². The van der Waals surface area contributed by atoms with Crippen LogP contribution < -0.4 is 10.6 Å². The molecule has 1 aromatic carbocycles. The molecule has 1 aliphatic rings. The minimum Gasteiger partial charge on any atom is -0.478 e. The van der Waals surface area contributed by atoms with Crippen molar-refractivity contribution >= 4 is 17.6 Å². The average Bonchev–Trinajstić information content (AvgIpc) is 2.89. The summed E-state index contributed by atoms with van der Waals surface area (Å²) in [6.07, 6.45) is 4.16. The first-order valence-corrected chi connectivity index (χ1v) is 6.88. The number of rotatable bonds is 5. The predicted molar refractivity (Wildman–Crippen MR) is 76.9 cm³/mol. The number of carboxylic acids is 1. The number of hydrogen-bond acceptors (Lipinski definition) is 3. The Bertz CT molecular complexity index is 522. The van der Waals surface area contributed by atoms with Crippen LogP contribution in [0.2, 0.25) is 0 Å². The number of nitrogens with zero attached hydrogens (tertiary/aromatic N) is 1. The molecule has 3 N–H and O–H groups in total. The van der Waals surface area contributed by atoms with Gasteiger partial charge in [-0.3, -0.25) is 4.79 Å². The normalized spacial score (nSPS) is 15.2. The molecule has 0 radical (unpaired) electrons. The number of amides is 1. The van der Waals surface area contributed by atoms with Gasteiger partial charge in [0.25, 0.3) is 0 Å². The molecule has 5 nitrogen and oxygen atoms in total. The topological polar surface area (TPSA) is 83.6 Å². The van der Waals surface area contributed by atoms with Gasteiger partial charge in [-0.1, -0.05) is 24.5 Å². The number of primary amides is 1. The van der Waals surface area contributed by atoms with Crippen LogP contribution in [0.3, 0.4) is 0 Å². The predicted octanol–water partition coefficient (Wildman–Crippen LogP) is 1.93. The van der Waals surface area contributed by atoms with Crippen molar-refractivity contribution in [3.05, 3.63) is 29.3 Å². The summed E-state index contributed by atoms with van der Waals surface area (Å²) < 4.78 is 0. The molecule has 1 aromatic rings. The molecule has 0 atom stereocenters. The third-order valence-corrected chi connectivity index (χ3v) is 3.78. The third-order valence-electron chi connectivity index (χ3n) is 3.78. The Hall–Kier alpha value is -2.04. The van der Waals surface area contributed by atoms with Crippen LogP contribution in [-0.4, -0.2) is 29.6 Å². The summed E-state index contributed by atoms with van der Waals surface area (Å²) in [5, 5.41) is 9.37. The number of carbonyl (C=O) groups excluding carboxylic acids is 1.